The van der Waals surface area contributed by atoms with Gasteiger partial charge in [0.25, 0.3) is 5.56 Å². The number of para-hydroxylation sites is 1. The number of carbonyl (C=O) groups excluding carboxylic acids is 1. The second-order valence-electron chi connectivity index (χ2n) is 8.27. The number of halogens is 1. The van der Waals surface area contributed by atoms with E-state index in [-0.39, 0.29) is 35.2 Å². The zero-order valence-electron chi connectivity index (χ0n) is 19.2. The number of carbonyl (C=O) groups is 1. The van der Waals surface area contributed by atoms with E-state index in [1.54, 1.807) is 18.2 Å². The van der Waals surface area contributed by atoms with Crippen molar-refractivity contribution in [3.63, 3.8) is 0 Å². The Labute approximate surface area is 204 Å². The number of hydrogen-bond acceptors (Lipinski definition) is 5. The Morgan fingerprint density at radius 2 is 1.83 bits per heavy atom. The van der Waals surface area contributed by atoms with Crippen molar-refractivity contribution in [2.75, 3.05) is 11.1 Å². The van der Waals surface area contributed by atoms with Crippen molar-refractivity contribution in [3.8, 4) is 0 Å². The van der Waals surface area contributed by atoms with Crippen LogP contribution in [-0.2, 0) is 11.3 Å². The van der Waals surface area contributed by atoms with Crippen LogP contribution in [0.2, 0.25) is 0 Å². The van der Waals surface area contributed by atoms with Crippen molar-refractivity contribution in [3.05, 3.63) is 99.6 Å². The molecule has 0 fully saturated rings. The molecule has 0 atom stereocenters. The Kier molecular flexibility index (Phi) is 6.13. The average molecular weight is 488 g/mol. The van der Waals surface area contributed by atoms with Crippen LogP contribution < -0.4 is 10.9 Å². The molecule has 0 saturated carbocycles. The summed E-state index contributed by atoms with van der Waals surface area (Å²) in [4.78, 5) is 30.9. The average Bonchev–Trinajstić information content (AvgIpc) is 3.23. The highest BCUT2D eigenvalue weighted by atomic mass is 32.2. The fourth-order valence-corrected chi connectivity index (χ4v) is 4.67. The van der Waals surface area contributed by atoms with Crippen LogP contribution in [0.1, 0.15) is 16.7 Å². The molecule has 0 saturated heterocycles. The molecule has 5 aromatic rings. The van der Waals surface area contributed by atoms with Crippen LogP contribution in [-0.4, -0.2) is 21.2 Å². The number of amides is 1. The first-order valence-corrected chi connectivity index (χ1v) is 12.0. The van der Waals surface area contributed by atoms with Gasteiger partial charge in [-0.3, -0.25) is 14.2 Å². The smallest absolute Gasteiger partial charge is 0.298 e. The number of aromatic nitrogens is 2. The lowest BCUT2D eigenvalue weighted by atomic mass is 10.1. The fourth-order valence-electron chi connectivity index (χ4n) is 3.88. The molecule has 6 nitrogen and oxygen atoms in total. The lowest BCUT2D eigenvalue weighted by Gasteiger charge is -2.13. The van der Waals surface area contributed by atoms with Gasteiger partial charge in [0.05, 0.1) is 12.3 Å². The van der Waals surface area contributed by atoms with E-state index in [0.29, 0.717) is 16.3 Å². The minimum Gasteiger partial charge on any atom is -0.448 e. The molecule has 5 rings (SSSR count). The largest absolute Gasteiger partial charge is 0.448 e. The normalized spacial score (nSPS) is 11.3. The summed E-state index contributed by atoms with van der Waals surface area (Å²) in [7, 11) is 0. The molecule has 0 aliphatic heterocycles. The highest BCUT2D eigenvalue weighted by Gasteiger charge is 2.19. The summed E-state index contributed by atoms with van der Waals surface area (Å²) < 4.78 is 20.7. The molecule has 1 amide bonds. The van der Waals surface area contributed by atoms with Gasteiger partial charge >= 0.3 is 0 Å². The number of nitrogens with zero attached hydrogens (tertiary/aromatic N) is 2. The summed E-state index contributed by atoms with van der Waals surface area (Å²) in [5.41, 5.74) is 4.39. The molecule has 0 aliphatic rings. The van der Waals surface area contributed by atoms with Gasteiger partial charge in [0, 0.05) is 11.1 Å². The highest BCUT2D eigenvalue weighted by Crippen LogP contribution is 2.28. The van der Waals surface area contributed by atoms with Gasteiger partial charge in [-0.15, -0.1) is 0 Å². The second-order valence-corrected chi connectivity index (χ2v) is 9.21. The van der Waals surface area contributed by atoms with Crippen molar-refractivity contribution in [1.29, 1.82) is 0 Å². The van der Waals surface area contributed by atoms with Crippen molar-refractivity contribution < 1.29 is 13.6 Å². The number of fused-ring (bicyclic) bond motifs is 3. The maximum atomic E-state index is 13.4. The minimum absolute atomic E-state index is 0.0600. The molecule has 0 aliphatic carbocycles. The van der Waals surface area contributed by atoms with Crippen LogP contribution in [0.3, 0.4) is 0 Å². The lowest BCUT2D eigenvalue weighted by molar-refractivity contribution is -0.113. The summed E-state index contributed by atoms with van der Waals surface area (Å²) in [5, 5.41) is 4.05. The first-order chi connectivity index (χ1) is 16.9. The van der Waals surface area contributed by atoms with Crippen molar-refractivity contribution in [2.24, 2.45) is 0 Å². The highest BCUT2D eigenvalue weighted by molar-refractivity contribution is 7.99. The van der Waals surface area contributed by atoms with Crippen LogP contribution in [0, 0.1) is 19.7 Å². The Bertz CT molecular complexity index is 1620. The fraction of sp³-hybridized carbons (Fsp3) is 0.148. The van der Waals surface area contributed by atoms with Crippen molar-refractivity contribution in [1.82, 2.24) is 9.55 Å². The third kappa shape index (κ3) is 4.57. The van der Waals surface area contributed by atoms with Gasteiger partial charge in [-0.05, 0) is 60.9 Å². The summed E-state index contributed by atoms with van der Waals surface area (Å²) in [6, 6.07) is 19.0. The van der Waals surface area contributed by atoms with E-state index in [1.807, 2.05) is 50.2 Å². The minimum atomic E-state index is -0.357. The first-order valence-electron chi connectivity index (χ1n) is 11.1. The number of thioether (sulfide) groups is 1. The van der Waals surface area contributed by atoms with Crippen LogP contribution in [0.5, 0.6) is 0 Å². The molecule has 0 bridgehead atoms. The Morgan fingerprint density at radius 1 is 1.06 bits per heavy atom. The van der Waals surface area contributed by atoms with E-state index in [9.17, 15) is 14.0 Å². The molecule has 2 heterocycles. The standard InChI is InChI=1S/C27H22FN3O3S/c1-16-6-5-8-21(17(16)2)29-23(32)15-35-27-30-24-20-7-3-4-9-22(20)34-25(24)26(33)31(27)14-18-10-12-19(28)13-11-18/h3-13H,14-15H2,1-2H3,(H,29,32). The Morgan fingerprint density at radius 3 is 2.63 bits per heavy atom. The quantitative estimate of drug-likeness (QED) is 0.246. The lowest BCUT2D eigenvalue weighted by Crippen LogP contribution is -2.24. The third-order valence-corrected chi connectivity index (χ3v) is 6.89. The Balaban J connectivity index is 1.51. The number of aryl methyl sites for hydroxylation is 1. The van der Waals surface area contributed by atoms with E-state index in [0.717, 1.165) is 27.8 Å². The number of furan rings is 1. The Hall–Kier alpha value is -3.91. The molecule has 3 aromatic carbocycles. The number of anilines is 1. The van der Waals surface area contributed by atoms with Gasteiger partial charge in [-0.1, -0.05) is 48.2 Å². The maximum absolute atomic E-state index is 13.4. The number of benzene rings is 3. The van der Waals surface area contributed by atoms with Gasteiger partial charge in [-0.2, -0.15) is 0 Å². The van der Waals surface area contributed by atoms with Crippen LogP contribution in [0.15, 0.2) is 81.1 Å². The number of rotatable bonds is 6. The molecule has 2 aromatic heterocycles. The van der Waals surface area contributed by atoms with E-state index in [2.05, 4.69) is 5.32 Å². The summed E-state index contributed by atoms with van der Waals surface area (Å²) in [6.07, 6.45) is 0. The van der Waals surface area contributed by atoms with Gasteiger partial charge in [-0.25, -0.2) is 9.37 Å². The summed E-state index contributed by atoms with van der Waals surface area (Å²) in [5.74, 6) is -0.502. The van der Waals surface area contributed by atoms with Crippen LogP contribution in [0.4, 0.5) is 10.1 Å². The number of hydrogen-bond donors (Lipinski definition) is 1. The molecule has 35 heavy (non-hydrogen) atoms. The molecule has 8 heteroatoms. The molecule has 1 N–H and O–H groups in total. The molecule has 176 valence electrons. The molecular formula is C27H22FN3O3S. The topological polar surface area (TPSA) is 77.1 Å². The second kappa shape index (κ2) is 9.38. The molecule has 0 radical (unpaired) electrons. The van der Waals surface area contributed by atoms with Gasteiger partial charge < -0.3 is 9.73 Å². The predicted molar refractivity (Wildman–Crippen MR) is 137 cm³/mol. The maximum Gasteiger partial charge on any atom is 0.298 e. The summed E-state index contributed by atoms with van der Waals surface area (Å²) in [6.45, 7) is 4.11. The first kappa shape index (κ1) is 22.9. The van der Waals surface area contributed by atoms with E-state index < -0.39 is 0 Å². The molecular weight excluding hydrogens is 465 g/mol. The van der Waals surface area contributed by atoms with Gasteiger partial charge in [0.2, 0.25) is 11.5 Å². The zero-order chi connectivity index (χ0) is 24.5. The zero-order valence-corrected chi connectivity index (χ0v) is 20.0. The molecule has 0 spiro atoms. The van der Waals surface area contributed by atoms with E-state index in [4.69, 9.17) is 9.40 Å². The van der Waals surface area contributed by atoms with E-state index in [1.165, 1.54) is 28.5 Å². The van der Waals surface area contributed by atoms with Crippen molar-refractivity contribution >= 4 is 45.4 Å². The SMILES string of the molecule is Cc1cccc(NC(=O)CSc2nc3c(oc4ccccc43)c(=O)n2Cc2ccc(F)cc2)c1C. The summed E-state index contributed by atoms with van der Waals surface area (Å²) >= 11 is 1.17. The van der Waals surface area contributed by atoms with Gasteiger partial charge in [0.15, 0.2) is 5.16 Å². The third-order valence-electron chi connectivity index (χ3n) is 5.91. The van der Waals surface area contributed by atoms with Crippen molar-refractivity contribution in [2.45, 2.75) is 25.5 Å². The van der Waals surface area contributed by atoms with Crippen LogP contribution in [0.25, 0.3) is 22.1 Å². The monoisotopic (exact) mass is 487 g/mol. The van der Waals surface area contributed by atoms with Gasteiger partial charge in [0.1, 0.15) is 16.9 Å². The number of nitrogens with one attached hydrogen (secondary N) is 1. The van der Waals surface area contributed by atoms with Crippen LogP contribution >= 0.6 is 11.8 Å². The van der Waals surface area contributed by atoms with E-state index >= 15 is 0 Å². The molecule has 0 unspecified atom stereocenters. The predicted octanol–water partition coefficient (Wildman–Crippen LogP) is 5.68.